The van der Waals surface area contributed by atoms with E-state index >= 15 is 0 Å². The summed E-state index contributed by atoms with van der Waals surface area (Å²) in [6, 6.07) is 9.33. The Balaban J connectivity index is 1.73. The number of carbonyl (C=O) groups excluding carboxylic acids is 1. The Labute approximate surface area is 129 Å². The maximum Gasteiger partial charge on any atom is 0.253 e. The van der Waals surface area contributed by atoms with Crippen molar-refractivity contribution >= 4 is 5.91 Å². The first-order valence-electron chi connectivity index (χ1n) is 7.75. The zero-order chi connectivity index (χ0) is 15.5. The zero-order valence-corrected chi connectivity index (χ0v) is 12.7. The maximum atomic E-state index is 12.2. The second-order valence-electron chi connectivity index (χ2n) is 5.87. The highest BCUT2D eigenvalue weighted by Gasteiger charge is 2.15. The van der Waals surface area contributed by atoms with Gasteiger partial charge in [-0.1, -0.05) is 18.2 Å². The highest BCUT2D eigenvalue weighted by atomic mass is 16.2. The number of aromatic nitrogens is 1. The lowest BCUT2D eigenvalue weighted by molar-refractivity contribution is 0.0939. The van der Waals surface area contributed by atoms with Crippen molar-refractivity contribution in [2.45, 2.75) is 38.6 Å². The number of rotatable bonds is 3. The van der Waals surface area contributed by atoms with Gasteiger partial charge in [0.1, 0.15) is 0 Å². The van der Waals surface area contributed by atoms with E-state index in [4.69, 9.17) is 0 Å². The van der Waals surface area contributed by atoms with Crippen molar-refractivity contribution in [1.82, 2.24) is 10.3 Å². The van der Waals surface area contributed by atoms with Gasteiger partial charge < -0.3 is 10.3 Å². The van der Waals surface area contributed by atoms with Crippen LogP contribution in [-0.4, -0.2) is 10.9 Å². The molecule has 4 heteroatoms. The van der Waals surface area contributed by atoms with Gasteiger partial charge in [-0.3, -0.25) is 9.59 Å². The molecule has 2 N–H and O–H groups in total. The van der Waals surface area contributed by atoms with Crippen molar-refractivity contribution in [2.24, 2.45) is 0 Å². The topological polar surface area (TPSA) is 62.0 Å². The van der Waals surface area contributed by atoms with Crippen LogP contribution in [0.3, 0.4) is 0 Å². The predicted molar refractivity (Wildman–Crippen MR) is 86.0 cm³/mol. The largest absolute Gasteiger partial charge is 0.345 e. The van der Waals surface area contributed by atoms with Crippen molar-refractivity contribution in [3.05, 3.63) is 69.1 Å². The standard InChI is InChI=1S/C18H20N2O2/c1-12(20-18(22)16-8-9-17(21)19-11-16)14-7-6-13-4-2-3-5-15(13)10-14/h6-12H,2-5H2,1H3,(H,19,21)(H,20,22). The molecule has 3 rings (SSSR count). The van der Waals surface area contributed by atoms with Crippen molar-refractivity contribution in [2.75, 3.05) is 0 Å². The number of carbonyl (C=O) groups is 1. The maximum absolute atomic E-state index is 12.2. The Hall–Kier alpha value is -2.36. The van der Waals surface area contributed by atoms with Crippen LogP contribution in [-0.2, 0) is 12.8 Å². The SMILES string of the molecule is CC(NC(=O)c1ccc(=O)[nH]c1)c1ccc2c(c1)CCCC2. The monoisotopic (exact) mass is 296 g/mol. The average molecular weight is 296 g/mol. The van der Waals surface area contributed by atoms with Gasteiger partial charge in [-0.05, 0) is 55.4 Å². The molecule has 1 aliphatic rings. The van der Waals surface area contributed by atoms with E-state index < -0.39 is 0 Å². The highest BCUT2D eigenvalue weighted by Crippen LogP contribution is 2.24. The lowest BCUT2D eigenvalue weighted by Gasteiger charge is -2.20. The zero-order valence-electron chi connectivity index (χ0n) is 12.7. The number of hydrogen-bond donors (Lipinski definition) is 2. The summed E-state index contributed by atoms with van der Waals surface area (Å²) >= 11 is 0. The Bertz CT molecular complexity index is 728. The van der Waals surface area contributed by atoms with Crippen LogP contribution in [0.25, 0.3) is 0 Å². The van der Waals surface area contributed by atoms with Crippen LogP contribution < -0.4 is 10.9 Å². The number of nitrogens with one attached hydrogen (secondary N) is 2. The van der Waals surface area contributed by atoms with E-state index in [1.165, 1.54) is 42.3 Å². The molecule has 22 heavy (non-hydrogen) atoms. The molecule has 1 aromatic carbocycles. The molecule has 0 bridgehead atoms. The molecular weight excluding hydrogens is 276 g/mol. The smallest absolute Gasteiger partial charge is 0.253 e. The number of H-pyrrole nitrogens is 1. The number of benzene rings is 1. The molecule has 1 unspecified atom stereocenters. The third-order valence-electron chi connectivity index (χ3n) is 4.27. The molecule has 0 fully saturated rings. The molecule has 1 aromatic heterocycles. The van der Waals surface area contributed by atoms with Gasteiger partial charge in [-0.25, -0.2) is 0 Å². The summed E-state index contributed by atoms with van der Waals surface area (Å²) in [5.74, 6) is -0.179. The van der Waals surface area contributed by atoms with Gasteiger partial charge in [0, 0.05) is 12.3 Å². The van der Waals surface area contributed by atoms with Crippen LogP contribution in [0.15, 0.2) is 41.3 Å². The first-order chi connectivity index (χ1) is 10.6. The molecular formula is C18H20N2O2. The van der Waals surface area contributed by atoms with Gasteiger partial charge in [-0.2, -0.15) is 0 Å². The number of pyridine rings is 1. The van der Waals surface area contributed by atoms with Crippen LogP contribution in [0.4, 0.5) is 0 Å². The molecule has 0 saturated carbocycles. The minimum absolute atomic E-state index is 0.0633. The number of hydrogen-bond acceptors (Lipinski definition) is 2. The molecule has 2 aromatic rings. The lowest BCUT2D eigenvalue weighted by Crippen LogP contribution is -2.27. The third kappa shape index (κ3) is 3.11. The second-order valence-corrected chi connectivity index (χ2v) is 5.87. The van der Waals surface area contributed by atoms with E-state index in [1.54, 1.807) is 0 Å². The van der Waals surface area contributed by atoms with E-state index in [0.717, 1.165) is 18.4 Å². The van der Waals surface area contributed by atoms with E-state index in [-0.39, 0.29) is 17.5 Å². The van der Waals surface area contributed by atoms with Crippen LogP contribution in [0.1, 0.15) is 52.9 Å². The summed E-state index contributed by atoms with van der Waals surface area (Å²) < 4.78 is 0. The first kappa shape index (κ1) is 14.6. The summed E-state index contributed by atoms with van der Waals surface area (Å²) in [5.41, 5.74) is 4.23. The molecule has 0 radical (unpaired) electrons. The summed E-state index contributed by atoms with van der Waals surface area (Å²) in [6.45, 7) is 1.98. The molecule has 0 spiro atoms. The summed E-state index contributed by atoms with van der Waals surface area (Å²) in [7, 11) is 0. The van der Waals surface area contributed by atoms with Crippen molar-refractivity contribution in [3.63, 3.8) is 0 Å². The molecule has 1 atom stereocenters. The van der Waals surface area contributed by atoms with E-state index in [0.29, 0.717) is 5.56 Å². The Kier molecular flexibility index (Phi) is 4.09. The molecule has 0 saturated heterocycles. The van der Waals surface area contributed by atoms with Gasteiger partial charge in [0.25, 0.3) is 5.91 Å². The summed E-state index contributed by atoms with van der Waals surface area (Å²) in [6.07, 6.45) is 6.24. The normalized spacial score (nSPS) is 15.0. The minimum Gasteiger partial charge on any atom is -0.345 e. The molecule has 1 amide bonds. The van der Waals surface area contributed by atoms with Gasteiger partial charge >= 0.3 is 0 Å². The fraction of sp³-hybridized carbons (Fsp3) is 0.333. The molecule has 1 aliphatic carbocycles. The fourth-order valence-electron chi connectivity index (χ4n) is 2.94. The predicted octanol–water partition coefficient (Wildman–Crippen LogP) is 2.74. The van der Waals surface area contributed by atoms with Crippen LogP contribution in [0.2, 0.25) is 0 Å². The minimum atomic E-state index is -0.209. The Morgan fingerprint density at radius 2 is 1.91 bits per heavy atom. The van der Waals surface area contributed by atoms with Gasteiger partial charge in [0.05, 0.1) is 11.6 Å². The molecule has 114 valence electrons. The van der Waals surface area contributed by atoms with E-state index in [9.17, 15) is 9.59 Å². The van der Waals surface area contributed by atoms with Gasteiger partial charge in [-0.15, -0.1) is 0 Å². The number of fused-ring (bicyclic) bond motifs is 1. The second kappa shape index (κ2) is 6.18. The van der Waals surface area contributed by atoms with Crippen molar-refractivity contribution < 1.29 is 4.79 Å². The number of amides is 1. The quantitative estimate of drug-likeness (QED) is 0.915. The Morgan fingerprint density at radius 1 is 1.14 bits per heavy atom. The van der Waals surface area contributed by atoms with Crippen LogP contribution in [0, 0.1) is 0 Å². The lowest BCUT2D eigenvalue weighted by atomic mass is 9.89. The average Bonchev–Trinajstić information content (AvgIpc) is 2.55. The first-order valence-corrected chi connectivity index (χ1v) is 7.75. The highest BCUT2D eigenvalue weighted by molar-refractivity contribution is 5.94. The third-order valence-corrected chi connectivity index (χ3v) is 4.27. The van der Waals surface area contributed by atoms with Crippen molar-refractivity contribution in [1.29, 1.82) is 0 Å². The molecule has 1 heterocycles. The Morgan fingerprint density at radius 3 is 2.64 bits per heavy atom. The fourth-order valence-corrected chi connectivity index (χ4v) is 2.94. The van der Waals surface area contributed by atoms with Crippen LogP contribution >= 0.6 is 0 Å². The number of aromatic amines is 1. The molecule has 4 nitrogen and oxygen atoms in total. The van der Waals surface area contributed by atoms with E-state index in [1.807, 2.05) is 6.92 Å². The van der Waals surface area contributed by atoms with Crippen molar-refractivity contribution in [3.8, 4) is 0 Å². The summed E-state index contributed by atoms with van der Waals surface area (Å²) in [4.78, 5) is 25.8. The number of aryl methyl sites for hydroxylation is 2. The van der Waals surface area contributed by atoms with Crippen LogP contribution in [0.5, 0.6) is 0 Å². The van der Waals surface area contributed by atoms with E-state index in [2.05, 4.69) is 28.5 Å². The van der Waals surface area contributed by atoms with Gasteiger partial charge in [0.2, 0.25) is 5.56 Å². The summed E-state index contributed by atoms with van der Waals surface area (Å²) in [5, 5.41) is 2.98. The van der Waals surface area contributed by atoms with Gasteiger partial charge in [0.15, 0.2) is 0 Å². The molecule has 0 aliphatic heterocycles.